The third kappa shape index (κ3) is 4.60. The smallest absolute Gasteiger partial charge is 0.123 e. The normalized spacial score (nSPS) is 17.6. The van der Waals surface area contributed by atoms with Crippen LogP contribution in [-0.4, -0.2) is 23.6 Å². The number of anilines is 1. The van der Waals surface area contributed by atoms with E-state index in [1.165, 1.54) is 29.9 Å². The fourth-order valence-electron chi connectivity index (χ4n) is 2.78. The SMILES string of the molecule is C/C=C(/CN(O)c1ccc(C)cc1)C(N)=NC1CCCCC1. The number of nitrogens with zero attached hydrogens (tertiary/aromatic N) is 2. The second-order valence-electron chi connectivity index (χ2n) is 6.01. The Balaban J connectivity index is 2.01. The number of nitrogens with two attached hydrogens (primary N) is 1. The summed E-state index contributed by atoms with van der Waals surface area (Å²) in [5.74, 6) is 0.556. The summed E-state index contributed by atoms with van der Waals surface area (Å²) in [6.07, 6.45) is 7.96. The molecule has 0 amide bonds. The Kier molecular flexibility index (Phi) is 6.01. The summed E-state index contributed by atoms with van der Waals surface area (Å²) < 4.78 is 0. The lowest BCUT2D eigenvalue weighted by Crippen LogP contribution is -2.29. The van der Waals surface area contributed by atoms with Crippen LogP contribution in [0, 0.1) is 6.92 Å². The van der Waals surface area contributed by atoms with E-state index in [1.807, 2.05) is 44.2 Å². The van der Waals surface area contributed by atoms with E-state index in [0.717, 1.165) is 24.1 Å². The second kappa shape index (κ2) is 7.99. The summed E-state index contributed by atoms with van der Waals surface area (Å²) in [4.78, 5) is 4.66. The molecule has 0 unspecified atom stereocenters. The van der Waals surface area contributed by atoms with Gasteiger partial charge in [0, 0.05) is 5.57 Å². The molecule has 0 aliphatic heterocycles. The molecule has 120 valence electrons. The second-order valence-corrected chi connectivity index (χ2v) is 6.01. The van der Waals surface area contributed by atoms with Crippen LogP contribution in [0.2, 0.25) is 0 Å². The number of hydrogen-bond acceptors (Lipinski definition) is 3. The first kappa shape index (κ1) is 16.6. The summed E-state index contributed by atoms with van der Waals surface area (Å²) >= 11 is 0. The highest BCUT2D eigenvalue weighted by Crippen LogP contribution is 2.21. The summed E-state index contributed by atoms with van der Waals surface area (Å²) in [7, 11) is 0. The average Bonchev–Trinajstić information content (AvgIpc) is 2.53. The highest BCUT2D eigenvalue weighted by atomic mass is 16.5. The van der Waals surface area contributed by atoms with Crippen LogP contribution in [0.15, 0.2) is 40.9 Å². The third-order valence-electron chi connectivity index (χ3n) is 4.23. The summed E-state index contributed by atoms with van der Waals surface area (Å²) in [5.41, 5.74) is 8.95. The summed E-state index contributed by atoms with van der Waals surface area (Å²) in [6, 6.07) is 8.10. The van der Waals surface area contributed by atoms with Gasteiger partial charge in [0.05, 0.1) is 18.3 Å². The molecule has 22 heavy (non-hydrogen) atoms. The van der Waals surface area contributed by atoms with E-state index in [1.54, 1.807) is 0 Å². The first-order chi connectivity index (χ1) is 10.6. The number of aliphatic imine (C=N–C) groups is 1. The molecule has 2 rings (SSSR count). The van der Waals surface area contributed by atoms with Crippen molar-refractivity contribution in [1.82, 2.24) is 0 Å². The fourth-order valence-corrected chi connectivity index (χ4v) is 2.78. The lowest BCUT2D eigenvalue weighted by molar-refractivity contribution is 0.264. The number of amidine groups is 1. The van der Waals surface area contributed by atoms with Gasteiger partial charge in [0.1, 0.15) is 5.84 Å². The van der Waals surface area contributed by atoms with Gasteiger partial charge in [-0.15, -0.1) is 0 Å². The summed E-state index contributed by atoms with van der Waals surface area (Å²) in [6.45, 7) is 4.31. The van der Waals surface area contributed by atoms with Crippen molar-refractivity contribution in [3.8, 4) is 0 Å². The first-order valence-electron chi connectivity index (χ1n) is 8.12. The Labute approximate surface area is 133 Å². The van der Waals surface area contributed by atoms with Gasteiger partial charge in [0.15, 0.2) is 0 Å². The molecule has 4 heteroatoms. The Bertz CT molecular complexity index is 528. The van der Waals surface area contributed by atoms with E-state index >= 15 is 0 Å². The van der Waals surface area contributed by atoms with Crippen LogP contribution in [0.3, 0.4) is 0 Å². The van der Waals surface area contributed by atoms with Crippen molar-refractivity contribution in [3.05, 3.63) is 41.5 Å². The lowest BCUT2D eigenvalue weighted by atomic mass is 9.96. The minimum atomic E-state index is 0.343. The molecule has 0 atom stereocenters. The molecule has 1 aromatic rings. The Morgan fingerprint density at radius 3 is 2.50 bits per heavy atom. The van der Waals surface area contributed by atoms with Gasteiger partial charge >= 0.3 is 0 Å². The number of hydrogen-bond donors (Lipinski definition) is 2. The maximum atomic E-state index is 10.2. The molecular formula is C18H27N3O. The molecule has 3 N–H and O–H groups in total. The molecule has 0 bridgehead atoms. The molecule has 4 nitrogen and oxygen atoms in total. The predicted octanol–water partition coefficient (Wildman–Crippen LogP) is 3.83. The highest BCUT2D eigenvalue weighted by Gasteiger charge is 2.14. The average molecular weight is 301 g/mol. The maximum Gasteiger partial charge on any atom is 0.123 e. The van der Waals surface area contributed by atoms with E-state index < -0.39 is 0 Å². The van der Waals surface area contributed by atoms with Crippen LogP contribution in [0.4, 0.5) is 5.69 Å². The predicted molar refractivity (Wildman–Crippen MR) is 92.6 cm³/mol. The zero-order chi connectivity index (χ0) is 15.9. The molecule has 1 aromatic carbocycles. The number of aryl methyl sites for hydroxylation is 1. The van der Waals surface area contributed by atoms with E-state index in [9.17, 15) is 5.21 Å². The molecule has 0 radical (unpaired) electrons. The van der Waals surface area contributed by atoms with Crippen LogP contribution in [0.5, 0.6) is 0 Å². The topological polar surface area (TPSA) is 61.8 Å². The number of rotatable bonds is 5. The molecule has 1 aliphatic rings. The largest absolute Gasteiger partial charge is 0.384 e. The van der Waals surface area contributed by atoms with Crippen molar-refractivity contribution in [1.29, 1.82) is 0 Å². The molecule has 0 heterocycles. The minimum absolute atomic E-state index is 0.343. The molecule has 0 saturated heterocycles. The van der Waals surface area contributed by atoms with E-state index in [0.29, 0.717) is 18.4 Å². The van der Waals surface area contributed by atoms with Crippen molar-refractivity contribution in [2.24, 2.45) is 10.7 Å². The maximum absolute atomic E-state index is 10.2. The molecule has 0 spiro atoms. The molecular weight excluding hydrogens is 274 g/mol. The molecule has 1 fully saturated rings. The Morgan fingerprint density at radius 1 is 1.27 bits per heavy atom. The van der Waals surface area contributed by atoms with Crippen LogP contribution < -0.4 is 10.8 Å². The summed E-state index contributed by atoms with van der Waals surface area (Å²) in [5, 5.41) is 11.5. The fraction of sp³-hybridized carbons (Fsp3) is 0.500. The molecule has 0 aromatic heterocycles. The van der Waals surface area contributed by atoms with Gasteiger partial charge in [-0.3, -0.25) is 15.3 Å². The van der Waals surface area contributed by atoms with Gasteiger partial charge in [-0.2, -0.15) is 0 Å². The minimum Gasteiger partial charge on any atom is -0.384 e. The zero-order valence-corrected chi connectivity index (χ0v) is 13.6. The van der Waals surface area contributed by atoms with Gasteiger partial charge in [-0.05, 0) is 38.8 Å². The first-order valence-corrected chi connectivity index (χ1v) is 8.12. The van der Waals surface area contributed by atoms with E-state index in [4.69, 9.17) is 5.73 Å². The standard InChI is InChI=1S/C18H27N3O/c1-3-15(18(19)20-16-7-5-4-6-8-16)13-21(22)17-11-9-14(2)10-12-17/h3,9-12,16,22H,4-8,13H2,1-2H3,(H2,19,20)/b15-3-. The van der Waals surface area contributed by atoms with Crippen LogP contribution in [-0.2, 0) is 0 Å². The van der Waals surface area contributed by atoms with Crippen LogP contribution in [0.1, 0.15) is 44.6 Å². The van der Waals surface area contributed by atoms with Gasteiger partial charge in [0.2, 0.25) is 0 Å². The van der Waals surface area contributed by atoms with Crippen molar-refractivity contribution in [2.45, 2.75) is 52.0 Å². The molecule has 1 saturated carbocycles. The van der Waals surface area contributed by atoms with Crippen LogP contribution in [0.25, 0.3) is 0 Å². The number of allylic oxidation sites excluding steroid dienone is 1. The zero-order valence-electron chi connectivity index (χ0n) is 13.6. The third-order valence-corrected chi connectivity index (χ3v) is 4.23. The van der Waals surface area contributed by atoms with Gasteiger partial charge in [0.25, 0.3) is 0 Å². The van der Waals surface area contributed by atoms with Crippen molar-refractivity contribution in [2.75, 3.05) is 11.6 Å². The van der Waals surface area contributed by atoms with Gasteiger partial charge < -0.3 is 5.73 Å². The Hall–Kier alpha value is -1.81. The monoisotopic (exact) mass is 301 g/mol. The van der Waals surface area contributed by atoms with Gasteiger partial charge in [-0.1, -0.05) is 43.0 Å². The Morgan fingerprint density at radius 2 is 1.91 bits per heavy atom. The number of benzene rings is 1. The number of hydroxylamine groups is 1. The quantitative estimate of drug-likeness (QED) is 0.493. The van der Waals surface area contributed by atoms with E-state index in [-0.39, 0.29) is 0 Å². The van der Waals surface area contributed by atoms with E-state index in [2.05, 4.69) is 4.99 Å². The van der Waals surface area contributed by atoms with Crippen LogP contribution >= 0.6 is 0 Å². The highest BCUT2D eigenvalue weighted by molar-refractivity contribution is 5.97. The van der Waals surface area contributed by atoms with Gasteiger partial charge in [-0.25, -0.2) is 0 Å². The van der Waals surface area contributed by atoms with Crippen molar-refractivity contribution < 1.29 is 5.21 Å². The van der Waals surface area contributed by atoms with Crippen molar-refractivity contribution >= 4 is 11.5 Å². The van der Waals surface area contributed by atoms with Crippen molar-refractivity contribution in [3.63, 3.8) is 0 Å². The molecule has 1 aliphatic carbocycles. The lowest BCUT2D eigenvalue weighted by Gasteiger charge is -2.21.